The van der Waals surface area contributed by atoms with E-state index in [4.69, 9.17) is 16.3 Å². The monoisotopic (exact) mass is 364 g/mol. The number of carbonyl (C=O) groups excluding carboxylic acids is 1. The van der Waals surface area contributed by atoms with Gasteiger partial charge in [0.25, 0.3) is 11.5 Å². The molecule has 0 unspecified atom stereocenters. The standard InChI is InChI=1S/C18H18ClFN2O3/c1-25-15-9-16(23)22-7-3-2-4-14(22)17(15)18(24)21-10-11-5-6-12(20)8-13(11)19/h5-6,8-9H,2-4,7,10H2,1H3,(H,21,24). The van der Waals surface area contributed by atoms with Crippen molar-refractivity contribution >= 4 is 17.5 Å². The third-order valence-corrected chi connectivity index (χ3v) is 4.68. The van der Waals surface area contributed by atoms with E-state index in [1.54, 1.807) is 4.57 Å². The van der Waals surface area contributed by atoms with Crippen LogP contribution >= 0.6 is 11.6 Å². The Kier molecular flexibility index (Phi) is 5.08. The molecular formula is C18H18ClFN2O3. The van der Waals surface area contributed by atoms with Crippen molar-refractivity contribution in [1.82, 2.24) is 9.88 Å². The molecule has 1 aromatic carbocycles. The van der Waals surface area contributed by atoms with Gasteiger partial charge in [-0.1, -0.05) is 17.7 Å². The zero-order chi connectivity index (χ0) is 18.0. The minimum absolute atomic E-state index is 0.152. The van der Waals surface area contributed by atoms with Crippen LogP contribution in [0.4, 0.5) is 4.39 Å². The van der Waals surface area contributed by atoms with Crippen molar-refractivity contribution in [2.24, 2.45) is 0 Å². The van der Waals surface area contributed by atoms with Crippen molar-refractivity contribution in [2.75, 3.05) is 7.11 Å². The van der Waals surface area contributed by atoms with Crippen LogP contribution in [0, 0.1) is 5.82 Å². The number of benzene rings is 1. The highest BCUT2D eigenvalue weighted by Gasteiger charge is 2.24. The van der Waals surface area contributed by atoms with Crippen LogP contribution in [-0.4, -0.2) is 17.6 Å². The molecule has 7 heteroatoms. The summed E-state index contributed by atoms with van der Waals surface area (Å²) in [5.74, 6) is -0.512. The van der Waals surface area contributed by atoms with Gasteiger partial charge in [0.15, 0.2) is 0 Å². The maximum Gasteiger partial charge on any atom is 0.257 e. The minimum atomic E-state index is -0.432. The van der Waals surface area contributed by atoms with Crippen LogP contribution in [0.25, 0.3) is 0 Å². The second kappa shape index (κ2) is 7.27. The molecule has 0 radical (unpaired) electrons. The number of ether oxygens (including phenoxy) is 1. The number of amides is 1. The summed E-state index contributed by atoms with van der Waals surface area (Å²) < 4.78 is 20.0. The van der Waals surface area contributed by atoms with Crippen molar-refractivity contribution in [3.63, 3.8) is 0 Å². The Balaban J connectivity index is 1.90. The van der Waals surface area contributed by atoms with Gasteiger partial charge in [-0.25, -0.2) is 4.39 Å². The highest BCUT2D eigenvalue weighted by molar-refractivity contribution is 6.31. The Morgan fingerprint density at radius 1 is 1.36 bits per heavy atom. The third-order valence-electron chi connectivity index (χ3n) is 4.33. The second-order valence-electron chi connectivity index (χ2n) is 5.90. The molecule has 0 saturated carbocycles. The topological polar surface area (TPSA) is 60.3 Å². The van der Waals surface area contributed by atoms with Gasteiger partial charge >= 0.3 is 0 Å². The van der Waals surface area contributed by atoms with Crippen LogP contribution in [-0.2, 0) is 19.5 Å². The van der Waals surface area contributed by atoms with Gasteiger partial charge in [-0.3, -0.25) is 9.59 Å². The van der Waals surface area contributed by atoms with Crippen LogP contribution in [0.5, 0.6) is 5.75 Å². The van der Waals surface area contributed by atoms with Gasteiger partial charge in [0.2, 0.25) is 0 Å². The van der Waals surface area contributed by atoms with Crippen molar-refractivity contribution in [1.29, 1.82) is 0 Å². The number of hydrogen-bond donors (Lipinski definition) is 1. The van der Waals surface area contributed by atoms with E-state index >= 15 is 0 Å². The molecule has 0 spiro atoms. The molecule has 5 nitrogen and oxygen atoms in total. The van der Waals surface area contributed by atoms with Gasteiger partial charge in [-0.15, -0.1) is 0 Å². The number of nitrogens with one attached hydrogen (secondary N) is 1. The predicted molar refractivity (Wildman–Crippen MR) is 92.8 cm³/mol. The average Bonchev–Trinajstić information content (AvgIpc) is 2.60. The van der Waals surface area contributed by atoms with Crippen LogP contribution in [0.1, 0.15) is 34.5 Å². The van der Waals surface area contributed by atoms with Crippen LogP contribution < -0.4 is 15.6 Å². The van der Waals surface area contributed by atoms with Gasteiger partial charge in [-0.05, 0) is 37.0 Å². The molecule has 1 aliphatic rings. The molecule has 132 valence electrons. The maximum absolute atomic E-state index is 13.1. The Morgan fingerprint density at radius 3 is 2.88 bits per heavy atom. The molecule has 3 rings (SSSR count). The molecule has 1 aromatic heterocycles. The van der Waals surface area contributed by atoms with E-state index < -0.39 is 5.82 Å². The van der Waals surface area contributed by atoms with E-state index in [1.165, 1.54) is 31.4 Å². The van der Waals surface area contributed by atoms with Gasteiger partial charge in [-0.2, -0.15) is 0 Å². The van der Waals surface area contributed by atoms with Crippen molar-refractivity contribution in [3.05, 3.63) is 62.3 Å². The lowest BCUT2D eigenvalue weighted by atomic mass is 10.0. The predicted octanol–water partition coefficient (Wildman–Crippen LogP) is 2.92. The highest BCUT2D eigenvalue weighted by atomic mass is 35.5. The zero-order valence-corrected chi connectivity index (χ0v) is 14.5. The summed E-state index contributed by atoms with van der Waals surface area (Å²) in [6.07, 6.45) is 2.47. The lowest BCUT2D eigenvalue weighted by Gasteiger charge is -2.22. The first-order valence-electron chi connectivity index (χ1n) is 8.04. The molecule has 1 aliphatic heterocycles. The normalized spacial score (nSPS) is 13.2. The smallest absolute Gasteiger partial charge is 0.257 e. The minimum Gasteiger partial charge on any atom is -0.496 e. The fourth-order valence-corrected chi connectivity index (χ4v) is 3.31. The molecule has 0 aliphatic carbocycles. The molecule has 25 heavy (non-hydrogen) atoms. The van der Waals surface area contributed by atoms with E-state index in [-0.39, 0.29) is 28.8 Å². The SMILES string of the molecule is COc1cc(=O)n2c(c1C(=O)NCc1ccc(F)cc1Cl)CCCC2. The number of pyridine rings is 1. The van der Waals surface area contributed by atoms with Crippen LogP contribution in [0.3, 0.4) is 0 Å². The lowest BCUT2D eigenvalue weighted by Crippen LogP contribution is -2.33. The van der Waals surface area contributed by atoms with Crippen molar-refractivity contribution in [3.8, 4) is 5.75 Å². The van der Waals surface area contributed by atoms with Gasteiger partial charge in [0.05, 0.1) is 7.11 Å². The molecule has 1 N–H and O–H groups in total. The van der Waals surface area contributed by atoms with Crippen molar-refractivity contribution in [2.45, 2.75) is 32.4 Å². The third kappa shape index (κ3) is 3.54. The number of hydrogen-bond acceptors (Lipinski definition) is 3. The van der Waals surface area contributed by atoms with E-state index in [0.29, 0.717) is 29.8 Å². The second-order valence-corrected chi connectivity index (χ2v) is 6.31. The number of rotatable bonds is 4. The highest BCUT2D eigenvalue weighted by Crippen LogP contribution is 2.25. The Bertz CT molecular complexity index is 879. The van der Waals surface area contributed by atoms with E-state index in [1.807, 2.05) is 0 Å². The number of aromatic nitrogens is 1. The molecule has 1 amide bonds. The number of carbonyl (C=O) groups is 1. The maximum atomic E-state index is 13.1. The number of fused-ring (bicyclic) bond motifs is 1. The van der Waals surface area contributed by atoms with E-state index in [0.717, 1.165) is 12.8 Å². The van der Waals surface area contributed by atoms with Crippen LogP contribution in [0.2, 0.25) is 5.02 Å². The molecule has 0 saturated heterocycles. The first kappa shape index (κ1) is 17.5. The van der Waals surface area contributed by atoms with Crippen LogP contribution in [0.15, 0.2) is 29.1 Å². The van der Waals surface area contributed by atoms with Gasteiger partial charge < -0.3 is 14.6 Å². The summed E-state index contributed by atoms with van der Waals surface area (Å²) in [6, 6.07) is 5.36. The number of nitrogens with zero attached hydrogens (tertiary/aromatic N) is 1. The van der Waals surface area contributed by atoms with Crippen molar-refractivity contribution < 1.29 is 13.9 Å². The van der Waals surface area contributed by atoms with Gasteiger partial charge in [0, 0.05) is 29.9 Å². The largest absolute Gasteiger partial charge is 0.496 e. The molecule has 0 bridgehead atoms. The summed E-state index contributed by atoms with van der Waals surface area (Å²) in [6.45, 7) is 0.752. The number of halogens is 2. The summed E-state index contributed by atoms with van der Waals surface area (Å²) in [4.78, 5) is 24.9. The zero-order valence-electron chi connectivity index (χ0n) is 13.8. The van der Waals surface area contributed by atoms with E-state index in [2.05, 4.69) is 5.32 Å². The van der Waals surface area contributed by atoms with Gasteiger partial charge in [0.1, 0.15) is 17.1 Å². The Hall–Kier alpha value is -2.34. The number of methoxy groups -OCH3 is 1. The molecular weight excluding hydrogens is 347 g/mol. The molecule has 0 fully saturated rings. The van der Waals surface area contributed by atoms with E-state index in [9.17, 15) is 14.0 Å². The first-order valence-corrected chi connectivity index (χ1v) is 8.42. The summed E-state index contributed by atoms with van der Waals surface area (Å²) >= 11 is 5.99. The fourth-order valence-electron chi connectivity index (χ4n) is 3.07. The summed E-state index contributed by atoms with van der Waals surface area (Å²) in [5.41, 5.74) is 1.51. The Labute approximate surface area is 149 Å². The quantitative estimate of drug-likeness (QED) is 0.907. The Morgan fingerprint density at radius 2 is 2.16 bits per heavy atom. The summed E-state index contributed by atoms with van der Waals surface area (Å²) in [7, 11) is 1.43. The fraction of sp³-hybridized carbons (Fsp3) is 0.333. The lowest BCUT2D eigenvalue weighted by molar-refractivity contribution is 0.0945. The molecule has 0 atom stereocenters. The first-order chi connectivity index (χ1) is 12.0. The average molecular weight is 365 g/mol. The molecule has 2 heterocycles. The molecule has 2 aromatic rings. The summed E-state index contributed by atoms with van der Waals surface area (Å²) in [5, 5.41) is 3.03.